The lowest BCUT2D eigenvalue weighted by Crippen LogP contribution is -2.22. The summed E-state index contributed by atoms with van der Waals surface area (Å²) in [6, 6.07) is 18.0. The zero-order valence-electron chi connectivity index (χ0n) is 18.7. The smallest absolute Gasteiger partial charge is 0.337 e. The number of carbonyl (C=O) groups is 1. The molecule has 0 aliphatic rings. The monoisotopic (exact) mass is 443 g/mol. The van der Waals surface area contributed by atoms with Crippen molar-refractivity contribution in [3.05, 3.63) is 105 Å². The number of benzene rings is 2. The number of anilines is 1. The lowest BCUT2D eigenvalue weighted by molar-refractivity contribution is 0.0698. The number of aryl methyl sites for hydroxylation is 1. The van der Waals surface area contributed by atoms with E-state index in [1.165, 1.54) is 4.40 Å². The topological polar surface area (TPSA) is 92.9 Å². The van der Waals surface area contributed by atoms with Crippen LogP contribution >= 0.6 is 0 Å². The maximum Gasteiger partial charge on any atom is 0.337 e. The Kier molecular flexibility index (Phi) is 6.13. The Bertz CT molecular complexity index is 1380. The second-order valence-corrected chi connectivity index (χ2v) is 8.00. The third-order valence-corrected chi connectivity index (χ3v) is 5.48. The first-order valence-corrected chi connectivity index (χ1v) is 10.6. The first-order chi connectivity index (χ1) is 15.8. The van der Waals surface area contributed by atoms with E-state index in [1.54, 1.807) is 37.4 Å². The van der Waals surface area contributed by atoms with Crippen molar-refractivity contribution in [3.8, 4) is 5.88 Å². The van der Waals surface area contributed by atoms with Crippen molar-refractivity contribution < 1.29 is 14.6 Å². The molecule has 33 heavy (non-hydrogen) atoms. The van der Waals surface area contributed by atoms with Gasteiger partial charge in [0.2, 0.25) is 5.88 Å². The molecule has 4 rings (SSSR count). The maximum atomic E-state index is 13.1. The molecule has 0 aliphatic carbocycles. The predicted molar refractivity (Wildman–Crippen MR) is 127 cm³/mol. The van der Waals surface area contributed by atoms with Gasteiger partial charge in [-0.3, -0.25) is 9.20 Å². The fourth-order valence-electron chi connectivity index (χ4n) is 3.77. The molecule has 2 aromatic heterocycles. The van der Waals surface area contributed by atoms with E-state index >= 15 is 0 Å². The number of hydrogen-bond acceptors (Lipinski definition) is 5. The van der Waals surface area contributed by atoms with Crippen LogP contribution in [-0.4, -0.2) is 20.5 Å². The van der Waals surface area contributed by atoms with Crippen molar-refractivity contribution in [1.29, 1.82) is 0 Å². The third-order valence-electron chi connectivity index (χ3n) is 5.48. The third kappa shape index (κ3) is 4.57. The van der Waals surface area contributed by atoms with E-state index in [0.29, 0.717) is 23.5 Å². The Balaban J connectivity index is 1.75. The number of nitrogens with zero attached hydrogens (tertiary/aromatic N) is 2. The van der Waals surface area contributed by atoms with Gasteiger partial charge >= 0.3 is 5.97 Å². The van der Waals surface area contributed by atoms with Crippen LogP contribution in [0.1, 0.15) is 45.6 Å². The number of carboxylic acids is 1. The van der Waals surface area contributed by atoms with E-state index in [9.17, 15) is 14.7 Å². The molecule has 0 bridgehead atoms. The summed E-state index contributed by atoms with van der Waals surface area (Å²) in [5.41, 5.74) is 3.98. The number of rotatable bonds is 7. The highest BCUT2D eigenvalue weighted by molar-refractivity contribution is 5.94. The van der Waals surface area contributed by atoms with Gasteiger partial charge in [0.15, 0.2) is 0 Å². The van der Waals surface area contributed by atoms with Gasteiger partial charge in [0.05, 0.1) is 17.2 Å². The van der Waals surface area contributed by atoms with Gasteiger partial charge in [-0.15, -0.1) is 0 Å². The summed E-state index contributed by atoms with van der Waals surface area (Å²) in [4.78, 5) is 29.4. The van der Waals surface area contributed by atoms with E-state index in [-0.39, 0.29) is 23.0 Å². The Morgan fingerprint density at radius 1 is 1.12 bits per heavy atom. The quantitative estimate of drug-likeness (QED) is 0.428. The van der Waals surface area contributed by atoms with Crippen LogP contribution in [0.4, 0.5) is 5.69 Å². The van der Waals surface area contributed by atoms with Crippen LogP contribution in [0.15, 0.2) is 71.7 Å². The molecule has 0 fully saturated rings. The first kappa shape index (κ1) is 22.1. The summed E-state index contributed by atoms with van der Waals surface area (Å²) in [6.07, 6.45) is 1.75. The number of hydrogen-bond donors (Lipinski definition) is 2. The molecule has 1 atom stereocenters. The molecule has 1 unspecified atom stereocenters. The molecule has 2 aromatic carbocycles. The number of nitrogens with one attached hydrogen (secondary N) is 1. The van der Waals surface area contributed by atoms with Gasteiger partial charge in [-0.2, -0.15) is 4.98 Å². The second kappa shape index (κ2) is 9.16. The summed E-state index contributed by atoms with van der Waals surface area (Å²) in [6.45, 7) is 5.81. The summed E-state index contributed by atoms with van der Waals surface area (Å²) in [7, 11) is 0. The van der Waals surface area contributed by atoms with Crippen LogP contribution in [0.3, 0.4) is 0 Å². The first-order valence-electron chi connectivity index (χ1n) is 10.6. The molecule has 0 aliphatic heterocycles. The highest BCUT2D eigenvalue weighted by atomic mass is 16.5. The van der Waals surface area contributed by atoms with Gasteiger partial charge < -0.3 is 15.2 Å². The van der Waals surface area contributed by atoms with Crippen molar-refractivity contribution in [1.82, 2.24) is 9.38 Å². The number of fused-ring (bicyclic) bond motifs is 1. The molecule has 0 saturated heterocycles. The molecule has 2 heterocycles. The molecular formula is C26H25N3O4. The van der Waals surface area contributed by atoms with Crippen LogP contribution in [0.5, 0.6) is 5.88 Å². The Morgan fingerprint density at radius 3 is 2.55 bits per heavy atom. The molecule has 7 nitrogen and oxygen atoms in total. The SMILES string of the molecule is Cc1cc(C(C)Nc2ccccc2C(=O)O)c2nc(OCc3ccccc3)c(C)c(=O)n2c1. The summed E-state index contributed by atoms with van der Waals surface area (Å²) in [5, 5.41) is 12.8. The maximum absolute atomic E-state index is 13.1. The predicted octanol–water partition coefficient (Wildman–Crippen LogP) is 4.76. The Labute approximate surface area is 191 Å². The van der Waals surface area contributed by atoms with Crippen LogP contribution in [-0.2, 0) is 6.61 Å². The van der Waals surface area contributed by atoms with E-state index in [1.807, 2.05) is 50.2 Å². The highest BCUT2D eigenvalue weighted by Gasteiger charge is 2.19. The van der Waals surface area contributed by atoms with Crippen molar-refractivity contribution in [2.75, 3.05) is 5.32 Å². The molecule has 7 heteroatoms. The number of carboxylic acid groups (broad SMARTS) is 1. The van der Waals surface area contributed by atoms with Gasteiger partial charge in [-0.1, -0.05) is 42.5 Å². The average molecular weight is 444 g/mol. The zero-order valence-corrected chi connectivity index (χ0v) is 18.7. The van der Waals surface area contributed by atoms with Gasteiger partial charge in [0, 0.05) is 17.4 Å². The summed E-state index contributed by atoms with van der Waals surface area (Å²) >= 11 is 0. The molecule has 4 aromatic rings. The minimum absolute atomic E-state index is 0.175. The fourth-order valence-corrected chi connectivity index (χ4v) is 3.77. The molecule has 2 N–H and O–H groups in total. The van der Waals surface area contributed by atoms with Crippen molar-refractivity contribution in [3.63, 3.8) is 0 Å². The molecular weight excluding hydrogens is 418 g/mol. The minimum atomic E-state index is -1.01. The summed E-state index contributed by atoms with van der Waals surface area (Å²) in [5.74, 6) is -0.729. The second-order valence-electron chi connectivity index (χ2n) is 8.00. The fraction of sp³-hybridized carbons (Fsp3) is 0.192. The molecule has 0 amide bonds. The van der Waals surface area contributed by atoms with Crippen molar-refractivity contribution >= 4 is 17.3 Å². The van der Waals surface area contributed by atoms with E-state index in [2.05, 4.69) is 5.32 Å². The van der Waals surface area contributed by atoms with Crippen LogP contribution in [0.2, 0.25) is 0 Å². The molecule has 0 saturated carbocycles. The minimum Gasteiger partial charge on any atom is -0.478 e. The van der Waals surface area contributed by atoms with Gasteiger partial charge in [-0.05, 0) is 50.1 Å². The molecule has 0 spiro atoms. The lowest BCUT2D eigenvalue weighted by Gasteiger charge is -2.20. The lowest BCUT2D eigenvalue weighted by atomic mass is 10.1. The van der Waals surface area contributed by atoms with E-state index in [4.69, 9.17) is 9.72 Å². The average Bonchev–Trinajstić information content (AvgIpc) is 2.81. The highest BCUT2D eigenvalue weighted by Crippen LogP contribution is 2.27. The number of aromatic carboxylic acids is 1. The van der Waals surface area contributed by atoms with Crippen molar-refractivity contribution in [2.24, 2.45) is 0 Å². The van der Waals surface area contributed by atoms with E-state index in [0.717, 1.165) is 16.7 Å². The number of aromatic nitrogens is 2. The number of pyridine rings is 1. The Hall–Kier alpha value is -4.13. The van der Waals surface area contributed by atoms with Gasteiger partial charge in [0.1, 0.15) is 12.3 Å². The van der Waals surface area contributed by atoms with Gasteiger partial charge in [0.25, 0.3) is 5.56 Å². The molecule has 0 radical (unpaired) electrons. The molecule has 168 valence electrons. The van der Waals surface area contributed by atoms with Gasteiger partial charge in [-0.25, -0.2) is 4.79 Å². The largest absolute Gasteiger partial charge is 0.478 e. The van der Waals surface area contributed by atoms with Crippen molar-refractivity contribution in [2.45, 2.75) is 33.4 Å². The Morgan fingerprint density at radius 2 is 1.82 bits per heavy atom. The number of ether oxygens (including phenoxy) is 1. The summed E-state index contributed by atoms with van der Waals surface area (Å²) < 4.78 is 7.45. The number of para-hydroxylation sites is 1. The van der Waals surface area contributed by atoms with Crippen LogP contribution in [0, 0.1) is 13.8 Å². The van der Waals surface area contributed by atoms with E-state index < -0.39 is 5.97 Å². The normalized spacial score (nSPS) is 11.8. The van der Waals surface area contributed by atoms with Crippen LogP contribution < -0.4 is 15.6 Å². The standard InChI is InChI=1S/C26H25N3O4/c1-16-13-21(18(3)27-22-12-8-7-11-20(22)26(31)32)23-28-24(17(2)25(30)29(23)14-16)33-15-19-9-5-4-6-10-19/h4-14,18,27H,15H2,1-3H3,(H,31,32). The zero-order chi connectivity index (χ0) is 23.5. The van der Waals surface area contributed by atoms with Crippen LogP contribution in [0.25, 0.3) is 5.65 Å².